The van der Waals surface area contributed by atoms with Crippen molar-refractivity contribution in [1.82, 2.24) is 57.2 Å². The van der Waals surface area contributed by atoms with Gasteiger partial charge in [0, 0.05) is 29.3 Å². The first-order chi connectivity index (χ1) is 59.3. The van der Waals surface area contributed by atoms with E-state index in [2.05, 4.69) is 66.4 Å². The van der Waals surface area contributed by atoms with Crippen LogP contribution in [0.2, 0.25) is 80.4 Å². The highest BCUT2D eigenvalue weighted by Gasteiger charge is 2.41. The summed E-state index contributed by atoms with van der Waals surface area (Å²) in [4.78, 5) is 182. The topological polar surface area (TPSA) is 471 Å². The SMILES string of the molecule is Cc1c(N=C2NC(=O)c3c(Cl)c(Cl)c(Cl)c(Cl)c32)cccc1N=C1NC(=O)c2c(Cl)c(Cl)c(Cl)c(Cl)c21.O=C1NC(=Nc2ccc(N=C3NC(=O)c4c(Cl)c(Cl)c(Cl)c(Cl)c43)cc2)c2c(Cl)c(Cl)c(Cl)c(Cl)c21.O=C1NC(=O)C(=C2N=C(c3c(O)[nH]c(=O)[nH]c3=O)c3ccccc32)C(=O)N1.[C-]#[N+]/C(C(=O)NC)=C1\N=C(c2c(O)[nH]c(=O)[nH]c2=O)c2ccccc21. The average molecular weight is 2000 g/mol. The van der Waals surface area contributed by atoms with Crippen molar-refractivity contribution in [2.24, 2.45) is 30.0 Å². The molecule has 628 valence electrons. The zero-order valence-electron chi connectivity index (χ0n) is 61.1. The van der Waals surface area contributed by atoms with E-state index in [1.165, 1.54) is 7.05 Å². The molecule has 7 aliphatic heterocycles. The van der Waals surface area contributed by atoms with E-state index >= 15 is 0 Å². The molecule has 2 aromatic heterocycles. The zero-order chi connectivity index (χ0) is 90.4. The number of aromatic hydroxyl groups is 2. The Balaban J connectivity index is 0.000000137. The minimum atomic E-state index is -0.959. The molecule has 1 fully saturated rings. The van der Waals surface area contributed by atoms with Crippen LogP contribution in [0, 0.1) is 13.5 Å². The Labute approximate surface area is 775 Å². The second kappa shape index (κ2) is 35.4. The molecule has 0 bridgehead atoms. The maximum atomic E-state index is 12.6. The number of halogens is 16. The van der Waals surface area contributed by atoms with Crippen molar-refractivity contribution in [3.8, 4) is 11.8 Å². The lowest BCUT2D eigenvalue weighted by atomic mass is 9.98. The Kier molecular flexibility index (Phi) is 25.4. The standard InChI is InChI=1S/C23H8Cl8N4O2.C22H6Cl8N4O2.C16H9N5O6.C16H11N5O4/c1-5-6(32-20-8-10(22(36)34-20)14(26)18(30)16(28)12(8)24)3-2-4-7(5)33-21-9-11(23(37)35-21)15(27)19(31)17(29)13(9)25;23-11-7-9(13(25)17(29)15(11)27)21(35)33-19(7)31-5-1-2-6(4-3-5)32-20-8-10(22(36)34-20)14(26)18(30)16(28)12(8)24;22-11-7(12(23)19-15(26)18-11)9-5-3-1-2-4-6(5)10(17-9)8-13(24)20-16(27)21-14(8)25;1-17-12(15(24)18-2)11-8-6-4-3-5-7(8)10(19-11)9-13(22)20-16(25)21-14(9)23/h2-4H,1H3,(H,32,34,36)(H,33,35,37);1-4H,(H,31,33,35)(H,32,34,36);1-4H,(H2,18,19,22,23,26)(H3,20,21,24,25,27);3-6H,2H3,(H,18,24)(H3,20,21,22,23,25)/b;;;12-11-. The molecule has 0 spiro atoms. The van der Waals surface area contributed by atoms with Crippen molar-refractivity contribution in [2.75, 3.05) is 7.05 Å². The fraction of sp³-hybridized carbons (Fsp3) is 0.0260. The minimum Gasteiger partial charge on any atom is -0.494 e. The number of likely N-dealkylation sites (N-methyl/N-ethyl adjacent to an activating group) is 1. The summed E-state index contributed by atoms with van der Waals surface area (Å²) >= 11 is 99.3. The van der Waals surface area contributed by atoms with Gasteiger partial charge in [0.05, 0.1) is 177 Å². The van der Waals surface area contributed by atoms with E-state index in [9.17, 15) is 67.7 Å². The maximum absolute atomic E-state index is 12.6. The number of rotatable bonds is 7. The number of carbonyl (C=O) groups excluding carboxylic acids is 8. The minimum absolute atomic E-state index is 0.00176. The highest BCUT2D eigenvalue weighted by atomic mass is 35.5. The molecule has 1 saturated heterocycles. The molecule has 48 heteroatoms. The summed E-state index contributed by atoms with van der Waals surface area (Å²) in [6.45, 7) is 9.01. The largest absolute Gasteiger partial charge is 0.494 e. The van der Waals surface area contributed by atoms with Crippen molar-refractivity contribution in [2.45, 2.75) is 6.92 Å². The van der Waals surface area contributed by atoms with E-state index < -0.39 is 87.2 Å². The number of imide groups is 2. The van der Waals surface area contributed by atoms with Crippen molar-refractivity contribution in [3.63, 3.8) is 0 Å². The molecule has 9 amide bonds. The summed E-state index contributed by atoms with van der Waals surface area (Å²) in [5.74, 6) is -5.37. The Hall–Kier alpha value is -11.7. The predicted octanol–water partition coefficient (Wildman–Crippen LogP) is 16.1. The molecule has 0 aliphatic carbocycles. The number of H-pyrrole nitrogens is 4. The molecule has 8 aromatic carbocycles. The lowest BCUT2D eigenvalue weighted by Gasteiger charge is -2.15. The third kappa shape index (κ3) is 16.2. The number of benzene rings is 8. The summed E-state index contributed by atoms with van der Waals surface area (Å²) in [5.41, 5.74) is 0.545. The van der Waals surface area contributed by atoms with E-state index in [1.54, 1.807) is 97.9 Å². The van der Waals surface area contributed by atoms with Gasteiger partial charge in [-0.25, -0.2) is 44.2 Å². The molecule has 9 heterocycles. The van der Waals surface area contributed by atoms with Crippen LogP contribution in [-0.4, -0.2) is 119 Å². The smallest absolute Gasteiger partial charge is 0.328 e. The maximum Gasteiger partial charge on any atom is 0.328 e. The highest BCUT2D eigenvalue weighted by Crippen LogP contribution is 2.49. The van der Waals surface area contributed by atoms with Crippen LogP contribution in [-0.2, 0) is 14.4 Å². The van der Waals surface area contributed by atoms with Gasteiger partial charge in [0.1, 0.15) is 40.0 Å². The fourth-order valence-corrected chi connectivity index (χ4v) is 17.0. The van der Waals surface area contributed by atoms with Crippen LogP contribution >= 0.6 is 186 Å². The zero-order valence-corrected chi connectivity index (χ0v) is 73.2. The van der Waals surface area contributed by atoms with Crippen LogP contribution in [0.15, 0.2) is 151 Å². The predicted molar refractivity (Wildman–Crippen MR) is 477 cm³/mol. The Morgan fingerprint density at radius 3 is 1.02 bits per heavy atom. The van der Waals surface area contributed by atoms with Gasteiger partial charge in [-0.2, -0.15) is 0 Å². The summed E-state index contributed by atoms with van der Waals surface area (Å²) in [7, 11) is 1.39. The van der Waals surface area contributed by atoms with Crippen molar-refractivity contribution >= 4 is 302 Å². The normalized spacial score (nSPS) is 15.9. The van der Waals surface area contributed by atoms with Crippen molar-refractivity contribution in [1.29, 1.82) is 0 Å². The molecule has 125 heavy (non-hydrogen) atoms. The molecule has 0 radical (unpaired) electrons. The van der Waals surface area contributed by atoms with Crippen molar-refractivity contribution in [3.05, 3.63) is 319 Å². The van der Waals surface area contributed by atoms with Crippen LogP contribution < -0.4 is 59.7 Å². The number of urea groups is 1. The number of amides is 9. The van der Waals surface area contributed by atoms with Crippen LogP contribution in [0.5, 0.6) is 11.8 Å². The van der Waals surface area contributed by atoms with Crippen molar-refractivity contribution < 1.29 is 48.6 Å². The first-order valence-electron chi connectivity index (χ1n) is 34.3. The van der Waals surface area contributed by atoms with Gasteiger partial charge in [-0.05, 0) is 48.9 Å². The molecule has 0 atom stereocenters. The number of barbiturate groups is 1. The number of amidine groups is 4. The number of hydrogen-bond donors (Lipinski definition) is 13. The van der Waals surface area contributed by atoms with Gasteiger partial charge in [0.15, 0.2) is 0 Å². The number of aromatic nitrogens is 4. The van der Waals surface area contributed by atoms with Gasteiger partial charge in [-0.1, -0.05) is 240 Å². The van der Waals surface area contributed by atoms with E-state index in [0.717, 1.165) is 0 Å². The van der Waals surface area contributed by atoms with Gasteiger partial charge >= 0.3 is 17.4 Å². The molecule has 13 N–H and O–H groups in total. The molecule has 7 aliphatic rings. The summed E-state index contributed by atoms with van der Waals surface area (Å²) in [6, 6.07) is 23.7. The molecular formula is C77H34Cl16N18O14. The average Bonchev–Trinajstić information content (AvgIpc) is 1.63. The number of nitrogens with one attached hydrogen (secondary N) is 11. The summed E-state index contributed by atoms with van der Waals surface area (Å²) < 4.78 is 0. The first kappa shape index (κ1) is 89.6. The van der Waals surface area contributed by atoms with Crippen LogP contribution in [0.4, 0.5) is 27.5 Å². The Morgan fingerprint density at radius 1 is 0.368 bits per heavy atom. The monoisotopic (exact) mass is 1990 g/mol. The second-order valence-electron chi connectivity index (χ2n) is 25.7. The Morgan fingerprint density at radius 2 is 0.680 bits per heavy atom. The third-order valence-corrected chi connectivity index (χ3v) is 25.7. The molecular weight excluding hydrogens is 1970 g/mol. The number of aromatic amines is 4. The number of hydrogen-bond acceptors (Lipinski definition) is 20. The molecule has 17 rings (SSSR count). The highest BCUT2D eigenvalue weighted by molar-refractivity contribution is 6.59. The van der Waals surface area contributed by atoms with Crippen LogP contribution in [0.3, 0.4) is 0 Å². The molecule has 10 aromatic rings. The van der Waals surface area contributed by atoms with E-state index in [1.807, 2.05) is 25.6 Å². The van der Waals surface area contributed by atoms with Crippen LogP contribution in [0.25, 0.3) is 16.2 Å². The molecule has 0 saturated carbocycles. The van der Waals surface area contributed by atoms with Crippen LogP contribution in [0.1, 0.15) is 103 Å². The van der Waals surface area contributed by atoms with E-state index in [0.29, 0.717) is 50.6 Å². The third-order valence-electron chi connectivity index (χ3n) is 18.5. The van der Waals surface area contributed by atoms with Gasteiger partial charge in [0.25, 0.3) is 58.2 Å². The fourth-order valence-electron chi connectivity index (χ4n) is 12.9. The molecule has 0 unspecified atom stereocenters. The van der Waals surface area contributed by atoms with Gasteiger partial charge in [-0.15, -0.1) is 0 Å². The number of nitrogens with zero attached hydrogens (tertiary/aromatic N) is 7. The second-order valence-corrected chi connectivity index (χ2v) is 31.8. The van der Waals surface area contributed by atoms with E-state index in [-0.39, 0.29) is 188 Å². The number of carbonyl (C=O) groups is 8. The Bertz CT molecular complexity index is 7070. The van der Waals surface area contributed by atoms with Gasteiger partial charge in [0.2, 0.25) is 11.8 Å². The number of aliphatic imine (C=N–C) groups is 6. The summed E-state index contributed by atoms with van der Waals surface area (Å²) in [5, 5.41) is 36.7. The van der Waals surface area contributed by atoms with E-state index in [4.69, 9.17) is 192 Å². The van der Waals surface area contributed by atoms with Gasteiger partial charge in [-0.3, -0.25) is 78.7 Å². The first-order valence-corrected chi connectivity index (χ1v) is 40.3. The summed E-state index contributed by atoms with van der Waals surface area (Å²) in [6.07, 6.45) is 0. The van der Waals surface area contributed by atoms with Gasteiger partial charge < -0.3 is 36.8 Å². The quantitative estimate of drug-likeness (QED) is 0.0232. The lowest BCUT2D eigenvalue weighted by molar-refractivity contribution is -0.124. The lowest BCUT2D eigenvalue weighted by Crippen LogP contribution is -2.51. The molecule has 32 nitrogen and oxygen atoms in total. The number of fused-ring (bicyclic) bond motifs is 6.